The molecule has 0 saturated carbocycles. The number of hydrogen-bond acceptors (Lipinski definition) is 2. The van der Waals surface area contributed by atoms with Crippen LogP contribution in [0, 0.1) is 0 Å². The number of nitrogens with zero attached hydrogens (tertiary/aromatic N) is 2. The van der Waals surface area contributed by atoms with Crippen LogP contribution in [0.15, 0.2) is 36.4 Å². The molecular weight excluding hydrogens is 419 g/mol. The number of carbonyl (C=O) groups excluding carboxylic acids is 1. The van der Waals surface area contributed by atoms with Gasteiger partial charge < -0.3 is 15.2 Å². The molecule has 1 aliphatic heterocycles. The minimum absolute atomic E-state index is 0.0973. The molecule has 3 aromatic rings. The summed E-state index contributed by atoms with van der Waals surface area (Å²) >= 11 is 18.1. The van der Waals surface area contributed by atoms with E-state index in [1.165, 1.54) is 0 Å². The number of hydrogen-bond donors (Lipinski definition) is 2. The van der Waals surface area contributed by atoms with E-state index in [2.05, 4.69) is 15.3 Å². The molecule has 1 aromatic heterocycles. The van der Waals surface area contributed by atoms with Crippen molar-refractivity contribution in [2.24, 2.45) is 0 Å². The van der Waals surface area contributed by atoms with Gasteiger partial charge in [-0.2, -0.15) is 0 Å². The number of piperidine rings is 1. The number of H-pyrrole nitrogens is 1. The SMILES string of the molecule is O=C(NCc1cc(Cl)cc(Cl)c1)N1CCCC(c2nc3cc(Cl)ccc3[nH]2)C1. The zero-order valence-corrected chi connectivity index (χ0v) is 17.3. The van der Waals surface area contributed by atoms with Gasteiger partial charge in [0.25, 0.3) is 0 Å². The maximum atomic E-state index is 12.6. The number of rotatable bonds is 3. The first kappa shape index (κ1) is 19.4. The summed E-state index contributed by atoms with van der Waals surface area (Å²) in [5.41, 5.74) is 2.68. The highest BCUT2D eigenvalue weighted by molar-refractivity contribution is 6.34. The number of likely N-dealkylation sites (tertiary alicyclic amines) is 1. The molecule has 2 aromatic carbocycles. The standard InChI is InChI=1S/C20H19Cl3N4O/c21-14-3-4-17-18(9-14)26-19(25-17)13-2-1-5-27(11-13)20(28)24-10-12-6-15(22)8-16(23)7-12/h3-4,6-9,13H,1-2,5,10-11H2,(H,24,28)(H,25,26). The zero-order valence-electron chi connectivity index (χ0n) is 15.0. The smallest absolute Gasteiger partial charge is 0.317 e. The van der Waals surface area contributed by atoms with E-state index < -0.39 is 0 Å². The Bertz CT molecular complexity index is 1000. The Morgan fingerprint density at radius 1 is 1.14 bits per heavy atom. The number of nitrogens with one attached hydrogen (secondary N) is 2. The van der Waals surface area contributed by atoms with Crippen molar-refractivity contribution in [1.29, 1.82) is 0 Å². The van der Waals surface area contributed by atoms with E-state index in [1.54, 1.807) is 18.2 Å². The Hall–Kier alpha value is -1.95. The number of aromatic amines is 1. The highest BCUT2D eigenvalue weighted by atomic mass is 35.5. The fourth-order valence-corrected chi connectivity index (χ4v) is 4.32. The Morgan fingerprint density at radius 2 is 1.93 bits per heavy atom. The Balaban J connectivity index is 1.41. The number of urea groups is 1. The van der Waals surface area contributed by atoms with Crippen LogP contribution in [0.5, 0.6) is 0 Å². The van der Waals surface area contributed by atoms with E-state index in [0.717, 1.165) is 41.8 Å². The summed E-state index contributed by atoms with van der Waals surface area (Å²) in [5, 5.41) is 4.72. The summed E-state index contributed by atoms with van der Waals surface area (Å²) in [4.78, 5) is 22.5. The van der Waals surface area contributed by atoms with Gasteiger partial charge in [-0.15, -0.1) is 0 Å². The maximum Gasteiger partial charge on any atom is 0.317 e. The predicted octanol–water partition coefficient (Wildman–Crippen LogP) is 5.61. The van der Waals surface area contributed by atoms with Gasteiger partial charge in [-0.1, -0.05) is 34.8 Å². The van der Waals surface area contributed by atoms with E-state index in [-0.39, 0.29) is 11.9 Å². The number of amides is 2. The molecule has 1 unspecified atom stereocenters. The summed E-state index contributed by atoms with van der Waals surface area (Å²) in [7, 11) is 0. The van der Waals surface area contributed by atoms with Crippen molar-refractivity contribution in [2.45, 2.75) is 25.3 Å². The highest BCUT2D eigenvalue weighted by Crippen LogP contribution is 2.28. The van der Waals surface area contributed by atoms with Gasteiger partial charge in [0.15, 0.2) is 0 Å². The molecule has 5 nitrogen and oxygen atoms in total. The van der Waals surface area contributed by atoms with Crippen molar-refractivity contribution < 1.29 is 4.79 Å². The van der Waals surface area contributed by atoms with Gasteiger partial charge in [0.05, 0.1) is 11.0 Å². The first-order chi connectivity index (χ1) is 13.5. The van der Waals surface area contributed by atoms with Gasteiger partial charge in [0.1, 0.15) is 5.82 Å². The average Bonchev–Trinajstić information content (AvgIpc) is 3.08. The molecular formula is C20H19Cl3N4O. The summed E-state index contributed by atoms with van der Waals surface area (Å²) in [6.45, 7) is 1.73. The second kappa shape index (κ2) is 8.19. The monoisotopic (exact) mass is 436 g/mol. The third kappa shape index (κ3) is 4.37. The van der Waals surface area contributed by atoms with Crippen LogP contribution in [0.2, 0.25) is 15.1 Å². The maximum absolute atomic E-state index is 12.6. The largest absolute Gasteiger partial charge is 0.342 e. The minimum Gasteiger partial charge on any atom is -0.342 e. The molecule has 0 radical (unpaired) electrons. The molecule has 2 heterocycles. The number of carbonyl (C=O) groups is 1. The van der Waals surface area contributed by atoms with E-state index in [9.17, 15) is 4.79 Å². The summed E-state index contributed by atoms with van der Waals surface area (Å²) < 4.78 is 0. The van der Waals surface area contributed by atoms with E-state index in [1.807, 2.05) is 23.1 Å². The second-order valence-electron chi connectivity index (χ2n) is 7.01. The van der Waals surface area contributed by atoms with E-state index in [4.69, 9.17) is 34.8 Å². The van der Waals surface area contributed by atoms with Crippen molar-refractivity contribution in [3.05, 3.63) is 62.9 Å². The molecule has 1 atom stereocenters. The topological polar surface area (TPSA) is 61.0 Å². The quantitative estimate of drug-likeness (QED) is 0.559. The van der Waals surface area contributed by atoms with Crippen molar-refractivity contribution in [3.8, 4) is 0 Å². The first-order valence-corrected chi connectivity index (χ1v) is 10.2. The Labute approximate surface area is 178 Å². The normalized spacial score (nSPS) is 17.1. The van der Waals surface area contributed by atoms with Gasteiger partial charge in [-0.05, 0) is 54.8 Å². The van der Waals surface area contributed by atoms with Crippen LogP contribution in [0.25, 0.3) is 11.0 Å². The molecule has 1 aliphatic rings. The summed E-state index contributed by atoms with van der Waals surface area (Å²) in [6, 6.07) is 10.8. The Morgan fingerprint density at radius 3 is 2.71 bits per heavy atom. The molecule has 146 valence electrons. The third-order valence-electron chi connectivity index (χ3n) is 4.92. The highest BCUT2D eigenvalue weighted by Gasteiger charge is 2.26. The molecule has 2 N–H and O–H groups in total. The van der Waals surface area contributed by atoms with Gasteiger partial charge in [-0.25, -0.2) is 9.78 Å². The van der Waals surface area contributed by atoms with Crippen LogP contribution in [-0.2, 0) is 6.54 Å². The molecule has 28 heavy (non-hydrogen) atoms. The number of imidazole rings is 1. The first-order valence-electron chi connectivity index (χ1n) is 9.11. The third-order valence-corrected chi connectivity index (χ3v) is 5.60. The molecule has 4 rings (SSSR count). The lowest BCUT2D eigenvalue weighted by molar-refractivity contribution is 0.178. The molecule has 1 saturated heterocycles. The molecule has 0 bridgehead atoms. The molecule has 1 fully saturated rings. The van der Waals surface area contributed by atoms with Crippen molar-refractivity contribution in [2.75, 3.05) is 13.1 Å². The lowest BCUT2D eigenvalue weighted by atomic mass is 9.97. The fourth-order valence-electron chi connectivity index (χ4n) is 3.58. The van der Waals surface area contributed by atoms with Crippen LogP contribution >= 0.6 is 34.8 Å². The van der Waals surface area contributed by atoms with Gasteiger partial charge in [0.2, 0.25) is 0 Å². The van der Waals surface area contributed by atoms with Gasteiger partial charge >= 0.3 is 6.03 Å². The Kier molecular flexibility index (Phi) is 5.67. The average molecular weight is 438 g/mol. The zero-order chi connectivity index (χ0) is 19.7. The number of aromatic nitrogens is 2. The van der Waals surface area contributed by atoms with Gasteiger partial charge in [-0.3, -0.25) is 0 Å². The molecule has 8 heteroatoms. The predicted molar refractivity (Wildman–Crippen MR) is 113 cm³/mol. The van der Waals surface area contributed by atoms with Crippen LogP contribution in [0.4, 0.5) is 4.79 Å². The van der Waals surface area contributed by atoms with Crippen molar-refractivity contribution >= 4 is 51.9 Å². The van der Waals surface area contributed by atoms with Crippen LogP contribution in [-0.4, -0.2) is 34.0 Å². The fraction of sp³-hybridized carbons (Fsp3) is 0.300. The number of halogens is 3. The summed E-state index contributed by atoms with van der Waals surface area (Å²) in [5.74, 6) is 1.07. The summed E-state index contributed by atoms with van der Waals surface area (Å²) in [6.07, 6.45) is 1.92. The minimum atomic E-state index is -0.0973. The lowest BCUT2D eigenvalue weighted by Crippen LogP contribution is -2.44. The van der Waals surface area contributed by atoms with Crippen LogP contribution in [0.3, 0.4) is 0 Å². The van der Waals surface area contributed by atoms with Gasteiger partial charge in [0, 0.05) is 40.6 Å². The van der Waals surface area contributed by atoms with Crippen LogP contribution < -0.4 is 5.32 Å². The number of fused-ring (bicyclic) bond motifs is 1. The second-order valence-corrected chi connectivity index (χ2v) is 8.31. The van der Waals surface area contributed by atoms with E-state index >= 15 is 0 Å². The number of benzene rings is 2. The lowest BCUT2D eigenvalue weighted by Gasteiger charge is -2.31. The van der Waals surface area contributed by atoms with Crippen molar-refractivity contribution in [3.63, 3.8) is 0 Å². The van der Waals surface area contributed by atoms with Crippen molar-refractivity contribution in [1.82, 2.24) is 20.2 Å². The van der Waals surface area contributed by atoms with Crippen LogP contribution in [0.1, 0.15) is 30.1 Å². The van der Waals surface area contributed by atoms with E-state index in [0.29, 0.717) is 28.2 Å². The molecule has 2 amide bonds. The molecule has 0 aliphatic carbocycles. The molecule has 0 spiro atoms.